The maximum Gasteiger partial charge on any atom is 0.411 e. The van der Waals surface area contributed by atoms with Crippen molar-refractivity contribution in [1.82, 2.24) is 20.2 Å². The van der Waals surface area contributed by atoms with Gasteiger partial charge in [-0.15, -0.1) is 0 Å². The molecule has 0 unspecified atom stereocenters. The number of alkyl carbamates (subject to hydrolysis) is 1. The molecule has 2 aliphatic rings. The average molecular weight is 817 g/mol. The van der Waals surface area contributed by atoms with Gasteiger partial charge in [0.05, 0.1) is 30.1 Å². The predicted octanol–water partition coefficient (Wildman–Crippen LogP) is 8.19. The molecule has 1 aromatic carbocycles. The molecule has 1 aliphatic carbocycles. The first-order valence-electron chi connectivity index (χ1n) is 20.2. The monoisotopic (exact) mass is 816 g/mol. The van der Waals surface area contributed by atoms with Crippen LogP contribution in [0.1, 0.15) is 106 Å². The number of hydrogen-bond acceptors (Lipinski definition) is 12. The Labute approximate surface area is 347 Å². The Morgan fingerprint density at radius 3 is 2.29 bits per heavy atom. The van der Waals surface area contributed by atoms with Crippen LogP contribution in [0, 0.1) is 11.3 Å². The second-order valence-electron chi connectivity index (χ2n) is 18.3. The van der Waals surface area contributed by atoms with Gasteiger partial charge in [-0.3, -0.25) is 9.88 Å². The van der Waals surface area contributed by atoms with E-state index in [4.69, 9.17) is 33.4 Å². The molecular formula is C45H60N4O10. The second-order valence-corrected chi connectivity index (χ2v) is 18.3. The summed E-state index contributed by atoms with van der Waals surface area (Å²) in [6.45, 7) is 21.0. The minimum atomic E-state index is -0.919. The largest absolute Gasteiger partial charge is 0.487 e. The summed E-state index contributed by atoms with van der Waals surface area (Å²) in [4.78, 5) is 62.7. The summed E-state index contributed by atoms with van der Waals surface area (Å²) >= 11 is 0. The van der Waals surface area contributed by atoms with Gasteiger partial charge in [-0.05, 0) is 95.8 Å². The molecule has 0 spiro atoms. The van der Waals surface area contributed by atoms with Crippen molar-refractivity contribution >= 4 is 40.6 Å². The topological polar surface area (TPSA) is 165 Å². The summed E-state index contributed by atoms with van der Waals surface area (Å²) < 4.78 is 35.2. The zero-order chi connectivity index (χ0) is 43.3. The minimum absolute atomic E-state index is 0.0573. The van der Waals surface area contributed by atoms with Crippen LogP contribution in [0.5, 0.6) is 11.6 Å². The Morgan fingerprint density at radius 1 is 0.949 bits per heavy atom. The van der Waals surface area contributed by atoms with Crippen molar-refractivity contribution in [3.63, 3.8) is 0 Å². The van der Waals surface area contributed by atoms with Crippen molar-refractivity contribution in [2.75, 3.05) is 13.7 Å². The van der Waals surface area contributed by atoms with Crippen molar-refractivity contribution in [3.05, 3.63) is 66.5 Å². The molecule has 3 heterocycles. The molecule has 1 N–H and O–H groups in total. The van der Waals surface area contributed by atoms with Gasteiger partial charge in [-0.25, -0.2) is 24.2 Å². The highest BCUT2D eigenvalue weighted by atomic mass is 16.6. The Morgan fingerprint density at radius 2 is 1.64 bits per heavy atom. The Bertz CT molecular complexity index is 2000. The SMILES string of the molecule is C=C(CCC[C@@H]1C[C@H]1OC(=O)N[C@H](C(=O)OC(C)(C)C)C(C)(C)C)c1c(O[C@@H]2C[C@@H](C(=O)OC)N(C(=O)OC(C)(C)C)C2)nc2ccncc2c1OCc1ccccc1. The molecule has 1 saturated carbocycles. The molecule has 1 aliphatic heterocycles. The maximum absolute atomic E-state index is 13.3. The number of benzene rings is 1. The van der Waals surface area contributed by atoms with Gasteiger partial charge in [0.25, 0.3) is 0 Å². The van der Waals surface area contributed by atoms with E-state index >= 15 is 0 Å². The summed E-state index contributed by atoms with van der Waals surface area (Å²) in [5.41, 5.74) is 0.719. The first-order valence-corrected chi connectivity index (χ1v) is 20.2. The Hall–Kier alpha value is -5.40. The highest BCUT2D eigenvalue weighted by molar-refractivity contribution is 5.92. The van der Waals surface area contributed by atoms with E-state index in [9.17, 15) is 19.2 Å². The molecule has 5 atom stereocenters. The molecule has 14 heteroatoms. The van der Waals surface area contributed by atoms with Gasteiger partial charge in [-0.1, -0.05) is 57.7 Å². The number of esters is 2. The maximum atomic E-state index is 13.3. The number of methoxy groups -OCH3 is 1. The van der Waals surface area contributed by atoms with Crippen LogP contribution in [0.25, 0.3) is 16.5 Å². The van der Waals surface area contributed by atoms with Crippen molar-refractivity contribution in [1.29, 1.82) is 0 Å². The van der Waals surface area contributed by atoms with E-state index in [1.165, 1.54) is 12.0 Å². The molecule has 2 amide bonds. The van der Waals surface area contributed by atoms with Crippen LogP contribution in [0.4, 0.5) is 9.59 Å². The summed E-state index contributed by atoms with van der Waals surface area (Å²) in [6, 6.07) is 9.73. The second kappa shape index (κ2) is 18.3. The normalized spacial score (nSPS) is 19.7. The molecule has 5 rings (SSSR count). The zero-order valence-electron chi connectivity index (χ0n) is 36.1. The summed E-state index contributed by atoms with van der Waals surface area (Å²) in [7, 11) is 1.28. The third-order valence-corrected chi connectivity index (χ3v) is 9.87. The van der Waals surface area contributed by atoms with Crippen LogP contribution in [0.3, 0.4) is 0 Å². The van der Waals surface area contributed by atoms with Crippen LogP contribution >= 0.6 is 0 Å². The Kier molecular flexibility index (Phi) is 13.8. The number of allylic oxidation sites excluding steroid dienone is 1. The number of amides is 2. The molecule has 320 valence electrons. The standard InChI is InChI=1S/C45H60N4O10/c1-27(16-15-19-29-22-34(29)57-41(52)48-37(43(2,3)4)40(51)58-44(5,6)7)35-36(55-26-28-17-13-12-14-18-28)31-24-46-21-20-32(31)47-38(35)56-30-23-33(39(50)54-11)49(25-30)42(53)59-45(8,9)10/h12-14,17-18,20-21,24,29-30,33-34,37H,1,15-16,19,22-23,25-26H2,2-11H3,(H,48,52)/t29-,30-,33+,34-,37-/m1/s1. The number of likely N-dealkylation sites (tertiary alicyclic amines) is 1. The van der Waals surface area contributed by atoms with E-state index in [1.54, 1.807) is 60.0 Å². The van der Waals surface area contributed by atoms with E-state index in [0.717, 1.165) is 12.0 Å². The number of pyridine rings is 2. The van der Waals surface area contributed by atoms with Crippen LogP contribution in [0.15, 0.2) is 55.4 Å². The Balaban J connectivity index is 1.33. The number of aromatic nitrogens is 2. The van der Waals surface area contributed by atoms with Gasteiger partial charge in [0.2, 0.25) is 5.88 Å². The minimum Gasteiger partial charge on any atom is -0.487 e. The first-order chi connectivity index (χ1) is 27.6. The smallest absolute Gasteiger partial charge is 0.411 e. The third-order valence-electron chi connectivity index (χ3n) is 9.87. The predicted molar refractivity (Wildman–Crippen MR) is 222 cm³/mol. The highest BCUT2D eigenvalue weighted by Crippen LogP contribution is 2.44. The molecule has 2 aromatic heterocycles. The summed E-state index contributed by atoms with van der Waals surface area (Å²) in [5.74, 6) is -0.203. The van der Waals surface area contributed by atoms with Crippen LogP contribution < -0.4 is 14.8 Å². The lowest BCUT2D eigenvalue weighted by Crippen LogP contribution is -2.51. The van der Waals surface area contributed by atoms with E-state index in [2.05, 4.69) is 16.9 Å². The number of carbonyl (C=O) groups excluding carboxylic acids is 4. The van der Waals surface area contributed by atoms with Crippen molar-refractivity contribution in [2.24, 2.45) is 11.3 Å². The van der Waals surface area contributed by atoms with Crippen LogP contribution in [-0.2, 0) is 35.1 Å². The lowest BCUT2D eigenvalue weighted by molar-refractivity contribution is -0.160. The average Bonchev–Trinajstić information content (AvgIpc) is 3.73. The van der Waals surface area contributed by atoms with Gasteiger partial charge in [0.15, 0.2) is 0 Å². The van der Waals surface area contributed by atoms with Crippen LogP contribution in [0.2, 0.25) is 0 Å². The molecule has 1 saturated heterocycles. The van der Waals surface area contributed by atoms with Crippen molar-refractivity contribution < 1.29 is 47.6 Å². The van der Waals surface area contributed by atoms with E-state index in [-0.39, 0.29) is 37.5 Å². The van der Waals surface area contributed by atoms with Gasteiger partial charge >= 0.3 is 24.1 Å². The van der Waals surface area contributed by atoms with E-state index < -0.39 is 58.9 Å². The molecule has 0 bridgehead atoms. The molecule has 59 heavy (non-hydrogen) atoms. The number of hydrogen-bond donors (Lipinski definition) is 1. The number of nitrogens with zero attached hydrogens (tertiary/aromatic N) is 3. The molecular weight excluding hydrogens is 757 g/mol. The molecule has 2 fully saturated rings. The fraction of sp³-hybridized carbons (Fsp3) is 0.556. The fourth-order valence-corrected chi connectivity index (χ4v) is 6.91. The number of carbonyl (C=O) groups is 4. The lowest BCUT2D eigenvalue weighted by Gasteiger charge is -2.32. The van der Waals surface area contributed by atoms with Crippen molar-refractivity contribution in [2.45, 2.75) is 137 Å². The summed E-state index contributed by atoms with van der Waals surface area (Å²) in [6.07, 6.45) is 3.94. The zero-order valence-corrected chi connectivity index (χ0v) is 36.1. The lowest BCUT2D eigenvalue weighted by atomic mass is 9.86. The molecule has 3 aromatic rings. The van der Waals surface area contributed by atoms with E-state index in [1.807, 2.05) is 51.1 Å². The van der Waals surface area contributed by atoms with Crippen LogP contribution in [-0.4, -0.2) is 88.1 Å². The fourth-order valence-electron chi connectivity index (χ4n) is 6.91. The van der Waals surface area contributed by atoms with Gasteiger partial charge in [-0.2, -0.15) is 0 Å². The number of ether oxygens (including phenoxy) is 6. The molecule has 14 nitrogen and oxygen atoms in total. The number of fused-ring (bicyclic) bond motifs is 1. The van der Waals surface area contributed by atoms with E-state index in [0.29, 0.717) is 47.1 Å². The highest BCUT2D eigenvalue weighted by Gasteiger charge is 2.45. The number of nitrogens with one attached hydrogen (secondary N) is 1. The van der Waals surface area contributed by atoms with Gasteiger partial charge < -0.3 is 33.7 Å². The summed E-state index contributed by atoms with van der Waals surface area (Å²) in [5, 5.41) is 3.40. The first kappa shape index (κ1) is 44.7. The quantitative estimate of drug-likeness (QED) is 0.123. The number of rotatable bonds is 14. The van der Waals surface area contributed by atoms with Crippen molar-refractivity contribution in [3.8, 4) is 11.6 Å². The third kappa shape index (κ3) is 12.3. The van der Waals surface area contributed by atoms with Gasteiger partial charge in [0, 0.05) is 18.8 Å². The van der Waals surface area contributed by atoms with Gasteiger partial charge in [0.1, 0.15) is 47.9 Å². The molecule has 0 radical (unpaired) electrons.